The summed E-state index contributed by atoms with van der Waals surface area (Å²) >= 11 is 0. The van der Waals surface area contributed by atoms with E-state index >= 15 is 0 Å². The van der Waals surface area contributed by atoms with Crippen molar-refractivity contribution in [2.24, 2.45) is 17.8 Å². The fourth-order valence-corrected chi connectivity index (χ4v) is 2.61. The lowest BCUT2D eigenvalue weighted by molar-refractivity contribution is 0.454. The van der Waals surface area contributed by atoms with E-state index in [0.29, 0.717) is 0 Å². The highest BCUT2D eigenvalue weighted by molar-refractivity contribution is 5.26. The van der Waals surface area contributed by atoms with E-state index < -0.39 is 0 Å². The minimum absolute atomic E-state index is 0.847. The zero-order valence-corrected chi connectivity index (χ0v) is 7.38. The third-order valence-electron chi connectivity index (χ3n) is 3.22. The van der Waals surface area contributed by atoms with Crippen molar-refractivity contribution in [3.8, 4) is 0 Å². The second-order valence-electron chi connectivity index (χ2n) is 4.05. The lowest BCUT2D eigenvalue weighted by atomic mass is 9.88. The molecule has 3 atom stereocenters. The molecule has 0 aliphatic heterocycles. The van der Waals surface area contributed by atoms with Crippen LogP contribution in [-0.4, -0.2) is 0 Å². The number of allylic oxidation sites excluding steroid dienone is 4. The molecule has 0 saturated heterocycles. The molecule has 2 aliphatic rings. The lowest BCUT2D eigenvalue weighted by Crippen LogP contribution is -2.06. The van der Waals surface area contributed by atoms with Gasteiger partial charge < -0.3 is 0 Å². The molecule has 2 aliphatic carbocycles. The van der Waals surface area contributed by atoms with Crippen molar-refractivity contribution in [2.45, 2.75) is 26.7 Å². The Morgan fingerprint density at radius 3 is 2.91 bits per heavy atom. The topological polar surface area (TPSA) is 0 Å². The summed E-state index contributed by atoms with van der Waals surface area (Å²) < 4.78 is 0. The van der Waals surface area contributed by atoms with Gasteiger partial charge in [0.2, 0.25) is 0 Å². The molecule has 0 nitrogen and oxygen atoms in total. The van der Waals surface area contributed by atoms with Crippen LogP contribution in [0, 0.1) is 17.8 Å². The summed E-state index contributed by atoms with van der Waals surface area (Å²) in [5, 5.41) is 0. The first-order valence-corrected chi connectivity index (χ1v) is 4.65. The zero-order chi connectivity index (χ0) is 7.84. The van der Waals surface area contributed by atoms with E-state index in [1.165, 1.54) is 12.8 Å². The molecule has 0 N–H and O–H groups in total. The van der Waals surface area contributed by atoms with Crippen molar-refractivity contribution in [1.29, 1.82) is 0 Å². The predicted molar refractivity (Wildman–Crippen MR) is 48.3 cm³/mol. The van der Waals surface area contributed by atoms with Crippen LogP contribution in [0.2, 0.25) is 0 Å². The fourth-order valence-electron chi connectivity index (χ4n) is 2.61. The van der Waals surface area contributed by atoms with Crippen molar-refractivity contribution in [2.75, 3.05) is 0 Å². The van der Waals surface area contributed by atoms with Crippen LogP contribution in [0.1, 0.15) is 26.7 Å². The van der Waals surface area contributed by atoms with Crippen molar-refractivity contribution in [3.05, 3.63) is 23.8 Å². The Morgan fingerprint density at radius 1 is 1.36 bits per heavy atom. The summed E-state index contributed by atoms with van der Waals surface area (Å²) in [4.78, 5) is 0. The Bertz CT molecular complexity index is 210. The summed E-state index contributed by atoms with van der Waals surface area (Å²) in [5.74, 6) is 2.65. The van der Waals surface area contributed by atoms with Crippen LogP contribution in [0.4, 0.5) is 0 Å². The maximum atomic E-state index is 2.39. The van der Waals surface area contributed by atoms with Gasteiger partial charge in [0.25, 0.3) is 0 Å². The Kier molecular flexibility index (Phi) is 1.63. The summed E-state index contributed by atoms with van der Waals surface area (Å²) in [6.45, 7) is 4.75. The molecule has 1 saturated carbocycles. The first-order chi connectivity index (χ1) is 5.29. The molecule has 0 spiro atoms. The van der Waals surface area contributed by atoms with Gasteiger partial charge in [-0.1, -0.05) is 37.6 Å². The Labute approximate surface area is 69.0 Å². The van der Waals surface area contributed by atoms with Gasteiger partial charge in [-0.2, -0.15) is 0 Å². The number of hydrogen-bond acceptors (Lipinski definition) is 0. The number of fused-ring (bicyclic) bond motifs is 1. The second-order valence-corrected chi connectivity index (χ2v) is 4.05. The van der Waals surface area contributed by atoms with Crippen LogP contribution in [0.25, 0.3) is 0 Å². The molecule has 0 aromatic heterocycles. The van der Waals surface area contributed by atoms with Gasteiger partial charge in [-0.25, -0.2) is 0 Å². The molecule has 0 radical (unpaired) electrons. The van der Waals surface area contributed by atoms with Gasteiger partial charge in [0.15, 0.2) is 0 Å². The van der Waals surface area contributed by atoms with Gasteiger partial charge in [0.1, 0.15) is 0 Å². The number of rotatable bonds is 0. The SMILES string of the molecule is CC1CC(C)C2CC=CC=C12. The molecular weight excluding hydrogens is 132 g/mol. The van der Waals surface area contributed by atoms with Crippen LogP contribution in [0.3, 0.4) is 0 Å². The van der Waals surface area contributed by atoms with Crippen LogP contribution >= 0.6 is 0 Å². The first kappa shape index (κ1) is 7.15. The van der Waals surface area contributed by atoms with Crippen molar-refractivity contribution in [3.63, 3.8) is 0 Å². The molecule has 0 aromatic rings. The third-order valence-corrected chi connectivity index (χ3v) is 3.22. The molecule has 60 valence electrons. The van der Waals surface area contributed by atoms with Gasteiger partial charge in [-0.05, 0) is 30.6 Å². The third kappa shape index (κ3) is 1.05. The summed E-state index contributed by atoms with van der Waals surface area (Å²) in [7, 11) is 0. The zero-order valence-electron chi connectivity index (χ0n) is 7.38. The van der Waals surface area contributed by atoms with E-state index in [1.54, 1.807) is 5.57 Å². The molecule has 0 bridgehead atoms. The molecule has 0 amide bonds. The Morgan fingerprint density at radius 2 is 2.18 bits per heavy atom. The van der Waals surface area contributed by atoms with Crippen LogP contribution in [0.15, 0.2) is 23.8 Å². The van der Waals surface area contributed by atoms with Crippen LogP contribution in [0.5, 0.6) is 0 Å². The van der Waals surface area contributed by atoms with Gasteiger partial charge in [0, 0.05) is 0 Å². The largest absolute Gasteiger partial charge is 0.0839 e. The fraction of sp³-hybridized carbons (Fsp3) is 0.636. The minimum Gasteiger partial charge on any atom is -0.0839 e. The highest BCUT2D eigenvalue weighted by atomic mass is 14.4. The van der Waals surface area contributed by atoms with Gasteiger partial charge in [-0.15, -0.1) is 0 Å². The average Bonchev–Trinajstić information content (AvgIpc) is 2.30. The highest BCUT2D eigenvalue weighted by Gasteiger charge is 2.32. The van der Waals surface area contributed by atoms with E-state index in [1.807, 2.05) is 0 Å². The monoisotopic (exact) mass is 148 g/mol. The molecule has 1 fully saturated rings. The first-order valence-electron chi connectivity index (χ1n) is 4.65. The molecule has 11 heavy (non-hydrogen) atoms. The van der Waals surface area contributed by atoms with E-state index in [-0.39, 0.29) is 0 Å². The average molecular weight is 148 g/mol. The molecular formula is C11H16. The lowest BCUT2D eigenvalue weighted by Gasteiger charge is -2.17. The van der Waals surface area contributed by atoms with Gasteiger partial charge in [0.05, 0.1) is 0 Å². The van der Waals surface area contributed by atoms with E-state index in [4.69, 9.17) is 0 Å². The quantitative estimate of drug-likeness (QED) is 0.495. The summed E-state index contributed by atoms with van der Waals surface area (Å²) in [5.41, 5.74) is 1.71. The van der Waals surface area contributed by atoms with Gasteiger partial charge in [-0.3, -0.25) is 0 Å². The van der Waals surface area contributed by atoms with E-state index in [0.717, 1.165) is 17.8 Å². The molecule has 2 rings (SSSR count). The maximum absolute atomic E-state index is 2.39. The smallest absolute Gasteiger partial charge is 0.0137 e. The van der Waals surface area contributed by atoms with E-state index in [9.17, 15) is 0 Å². The Hall–Kier alpha value is -0.520. The highest BCUT2D eigenvalue weighted by Crippen LogP contribution is 2.44. The minimum atomic E-state index is 0.847. The molecule has 0 heteroatoms. The summed E-state index contributed by atoms with van der Waals surface area (Å²) in [6, 6.07) is 0. The Balaban J connectivity index is 2.27. The van der Waals surface area contributed by atoms with Crippen LogP contribution < -0.4 is 0 Å². The second kappa shape index (κ2) is 2.51. The van der Waals surface area contributed by atoms with Crippen molar-refractivity contribution < 1.29 is 0 Å². The summed E-state index contributed by atoms with van der Waals surface area (Å²) in [6.07, 6.45) is 9.56. The van der Waals surface area contributed by atoms with E-state index in [2.05, 4.69) is 32.1 Å². The molecule has 0 heterocycles. The van der Waals surface area contributed by atoms with Crippen molar-refractivity contribution >= 4 is 0 Å². The normalized spacial score (nSPS) is 42.0. The van der Waals surface area contributed by atoms with Crippen molar-refractivity contribution in [1.82, 2.24) is 0 Å². The van der Waals surface area contributed by atoms with Gasteiger partial charge >= 0.3 is 0 Å². The van der Waals surface area contributed by atoms with Crippen LogP contribution in [-0.2, 0) is 0 Å². The molecule has 0 aromatic carbocycles. The standard InChI is InChI=1S/C11H16/c1-8-7-9(2)11-6-4-3-5-10(8)11/h3-5,8-9,11H,6-7H2,1-2H3. The molecule has 3 unspecified atom stereocenters. The predicted octanol–water partition coefficient (Wildman–Crippen LogP) is 3.16. The number of hydrogen-bond donors (Lipinski definition) is 0. The maximum Gasteiger partial charge on any atom is -0.0137 e.